The van der Waals surface area contributed by atoms with Crippen LogP contribution in [0.4, 0.5) is 4.79 Å². The molecule has 136 valence electrons. The highest BCUT2D eigenvalue weighted by Gasteiger charge is 2.33. The lowest BCUT2D eigenvalue weighted by Gasteiger charge is -2.32. The summed E-state index contributed by atoms with van der Waals surface area (Å²) in [4.78, 5) is 29.1. The molecule has 25 heavy (non-hydrogen) atoms. The number of hydrogen-bond donors (Lipinski definition) is 1. The molecule has 2 heterocycles. The van der Waals surface area contributed by atoms with Crippen molar-refractivity contribution in [3.63, 3.8) is 0 Å². The van der Waals surface area contributed by atoms with Gasteiger partial charge < -0.3 is 19.9 Å². The Morgan fingerprint density at radius 1 is 1.20 bits per heavy atom. The normalized spacial score (nSPS) is 21.9. The van der Waals surface area contributed by atoms with Gasteiger partial charge in [0.25, 0.3) is 0 Å². The summed E-state index contributed by atoms with van der Waals surface area (Å²) in [5, 5.41) is 2.96. The number of urea groups is 1. The largest absolute Gasteiger partial charge is 0.378 e. The molecule has 2 atom stereocenters. The third kappa shape index (κ3) is 4.12. The van der Waals surface area contributed by atoms with Gasteiger partial charge in [-0.15, -0.1) is 0 Å². The standard InChI is InChI=1S/C19H27N3O3/c1-2-16(18(23)21-11-13-25-14-12-21)20-19(24)22-10-6-9-17(22)15-7-4-3-5-8-15/h3-5,7-8,16-17H,2,6,9-14H2,1H3,(H,20,24)/t16-,17-/m0/s1. The second kappa shape index (κ2) is 8.34. The van der Waals surface area contributed by atoms with Crippen LogP contribution in [0.2, 0.25) is 0 Å². The number of nitrogens with zero attached hydrogens (tertiary/aromatic N) is 2. The number of carbonyl (C=O) groups excluding carboxylic acids is 2. The molecule has 0 aromatic heterocycles. The van der Waals surface area contributed by atoms with Crippen molar-refractivity contribution in [1.82, 2.24) is 15.1 Å². The van der Waals surface area contributed by atoms with Gasteiger partial charge >= 0.3 is 6.03 Å². The lowest BCUT2D eigenvalue weighted by Crippen LogP contribution is -2.54. The Balaban J connectivity index is 1.64. The summed E-state index contributed by atoms with van der Waals surface area (Å²) >= 11 is 0. The van der Waals surface area contributed by atoms with Crippen LogP contribution in [0.3, 0.4) is 0 Å². The van der Waals surface area contributed by atoms with Crippen molar-refractivity contribution in [3.05, 3.63) is 35.9 Å². The Morgan fingerprint density at radius 2 is 1.92 bits per heavy atom. The molecule has 3 rings (SSSR count). The van der Waals surface area contributed by atoms with Crippen molar-refractivity contribution >= 4 is 11.9 Å². The van der Waals surface area contributed by atoms with Gasteiger partial charge in [0.1, 0.15) is 6.04 Å². The zero-order chi connectivity index (χ0) is 17.6. The van der Waals surface area contributed by atoms with Crippen LogP contribution in [0.15, 0.2) is 30.3 Å². The van der Waals surface area contributed by atoms with Crippen LogP contribution in [-0.2, 0) is 9.53 Å². The highest BCUT2D eigenvalue weighted by molar-refractivity contribution is 5.87. The molecule has 1 N–H and O–H groups in total. The van der Waals surface area contributed by atoms with E-state index in [9.17, 15) is 9.59 Å². The summed E-state index contributed by atoms with van der Waals surface area (Å²) in [6, 6.07) is 9.59. The van der Waals surface area contributed by atoms with E-state index in [0.717, 1.165) is 24.9 Å². The molecule has 2 aliphatic rings. The molecular weight excluding hydrogens is 318 g/mol. The quantitative estimate of drug-likeness (QED) is 0.910. The number of likely N-dealkylation sites (tertiary alicyclic amines) is 1. The van der Waals surface area contributed by atoms with Crippen LogP contribution in [0.25, 0.3) is 0 Å². The summed E-state index contributed by atoms with van der Waals surface area (Å²) in [6.07, 6.45) is 2.54. The average molecular weight is 345 g/mol. The molecule has 1 aromatic rings. The lowest BCUT2D eigenvalue weighted by molar-refractivity contribution is -0.137. The molecule has 0 spiro atoms. The first-order valence-corrected chi connectivity index (χ1v) is 9.19. The van der Waals surface area contributed by atoms with Gasteiger partial charge in [0.15, 0.2) is 0 Å². The maximum atomic E-state index is 12.8. The van der Waals surface area contributed by atoms with Crippen LogP contribution in [-0.4, -0.2) is 60.6 Å². The van der Waals surface area contributed by atoms with E-state index in [1.165, 1.54) is 0 Å². The predicted molar refractivity (Wildman–Crippen MR) is 95.1 cm³/mol. The van der Waals surface area contributed by atoms with Crippen LogP contribution in [0, 0.1) is 0 Å². The smallest absolute Gasteiger partial charge is 0.318 e. The third-order valence-corrected chi connectivity index (χ3v) is 5.02. The number of benzene rings is 1. The fourth-order valence-corrected chi connectivity index (χ4v) is 3.61. The van der Waals surface area contributed by atoms with E-state index in [0.29, 0.717) is 32.7 Å². The predicted octanol–water partition coefficient (Wildman–Crippen LogP) is 2.17. The highest BCUT2D eigenvalue weighted by Crippen LogP contribution is 2.31. The maximum Gasteiger partial charge on any atom is 0.318 e. The van der Waals surface area contributed by atoms with Crippen LogP contribution < -0.4 is 5.32 Å². The van der Waals surface area contributed by atoms with Gasteiger partial charge in [0, 0.05) is 19.6 Å². The molecule has 6 heteroatoms. The fraction of sp³-hybridized carbons (Fsp3) is 0.579. The van der Waals surface area contributed by atoms with Crippen molar-refractivity contribution in [2.24, 2.45) is 0 Å². The van der Waals surface area contributed by atoms with E-state index < -0.39 is 6.04 Å². The Bertz CT molecular complexity index is 587. The van der Waals surface area contributed by atoms with Gasteiger partial charge in [0.05, 0.1) is 19.3 Å². The first-order valence-electron chi connectivity index (χ1n) is 9.19. The number of amides is 3. The summed E-state index contributed by atoms with van der Waals surface area (Å²) in [6.45, 7) is 5.00. The van der Waals surface area contributed by atoms with Crippen LogP contribution >= 0.6 is 0 Å². The van der Waals surface area contributed by atoms with Crippen molar-refractivity contribution in [2.75, 3.05) is 32.8 Å². The van der Waals surface area contributed by atoms with Gasteiger partial charge in [-0.05, 0) is 24.8 Å². The summed E-state index contributed by atoms with van der Waals surface area (Å²) in [5.41, 5.74) is 1.16. The third-order valence-electron chi connectivity index (χ3n) is 5.02. The number of morpholine rings is 1. The van der Waals surface area contributed by atoms with Gasteiger partial charge in [0.2, 0.25) is 5.91 Å². The van der Waals surface area contributed by atoms with Crippen LogP contribution in [0.5, 0.6) is 0 Å². The van der Waals surface area contributed by atoms with E-state index >= 15 is 0 Å². The summed E-state index contributed by atoms with van der Waals surface area (Å²) in [7, 11) is 0. The van der Waals surface area contributed by atoms with E-state index in [1.807, 2.05) is 30.0 Å². The second-order valence-electron chi connectivity index (χ2n) is 6.61. The monoisotopic (exact) mass is 345 g/mol. The maximum absolute atomic E-state index is 12.8. The van der Waals surface area contributed by atoms with Gasteiger partial charge in [-0.3, -0.25) is 4.79 Å². The molecule has 0 bridgehead atoms. The first-order chi connectivity index (χ1) is 12.2. The van der Waals surface area contributed by atoms with Gasteiger partial charge in [-0.1, -0.05) is 37.3 Å². The minimum absolute atomic E-state index is 0.00499. The minimum Gasteiger partial charge on any atom is -0.378 e. The van der Waals surface area contributed by atoms with E-state index in [4.69, 9.17) is 4.74 Å². The molecule has 2 aliphatic heterocycles. The van der Waals surface area contributed by atoms with E-state index in [1.54, 1.807) is 4.90 Å². The van der Waals surface area contributed by atoms with Crippen molar-refractivity contribution < 1.29 is 14.3 Å². The summed E-state index contributed by atoms with van der Waals surface area (Å²) < 4.78 is 5.30. The molecule has 3 amide bonds. The molecule has 0 radical (unpaired) electrons. The Hall–Kier alpha value is -2.08. The Morgan fingerprint density at radius 3 is 2.60 bits per heavy atom. The first kappa shape index (κ1) is 17.7. The van der Waals surface area contributed by atoms with Crippen molar-refractivity contribution in [2.45, 2.75) is 38.3 Å². The number of carbonyl (C=O) groups is 2. The molecule has 0 aliphatic carbocycles. The van der Waals surface area contributed by atoms with Crippen molar-refractivity contribution in [1.29, 1.82) is 0 Å². The molecule has 1 aromatic carbocycles. The van der Waals surface area contributed by atoms with Gasteiger partial charge in [-0.25, -0.2) is 4.79 Å². The SMILES string of the molecule is CC[C@H](NC(=O)N1CCC[C@H]1c1ccccc1)C(=O)N1CCOCC1. The highest BCUT2D eigenvalue weighted by atomic mass is 16.5. The molecule has 6 nitrogen and oxygen atoms in total. The lowest BCUT2D eigenvalue weighted by atomic mass is 10.1. The molecule has 2 fully saturated rings. The Labute approximate surface area is 149 Å². The molecule has 0 unspecified atom stereocenters. The number of hydrogen-bond acceptors (Lipinski definition) is 3. The van der Waals surface area contributed by atoms with Crippen molar-refractivity contribution in [3.8, 4) is 0 Å². The Kier molecular flexibility index (Phi) is 5.91. The van der Waals surface area contributed by atoms with E-state index in [2.05, 4.69) is 17.4 Å². The number of ether oxygens (including phenoxy) is 1. The molecular formula is C19H27N3O3. The summed E-state index contributed by atoms with van der Waals surface area (Å²) in [5.74, 6) is -0.00499. The van der Waals surface area contributed by atoms with Gasteiger partial charge in [-0.2, -0.15) is 0 Å². The molecule has 2 saturated heterocycles. The second-order valence-corrected chi connectivity index (χ2v) is 6.61. The zero-order valence-corrected chi connectivity index (χ0v) is 14.8. The number of rotatable bonds is 4. The number of nitrogens with one attached hydrogen (secondary N) is 1. The topological polar surface area (TPSA) is 61.9 Å². The average Bonchev–Trinajstić information content (AvgIpc) is 3.17. The minimum atomic E-state index is -0.470. The van der Waals surface area contributed by atoms with Crippen LogP contribution in [0.1, 0.15) is 37.8 Å². The van der Waals surface area contributed by atoms with E-state index in [-0.39, 0.29) is 18.0 Å². The zero-order valence-electron chi connectivity index (χ0n) is 14.8. The molecule has 0 saturated carbocycles. The fourth-order valence-electron chi connectivity index (χ4n) is 3.61.